The van der Waals surface area contributed by atoms with Gasteiger partial charge in [0.05, 0.1) is 23.9 Å². The number of esters is 1. The van der Waals surface area contributed by atoms with Gasteiger partial charge in [0.1, 0.15) is 0 Å². The van der Waals surface area contributed by atoms with Gasteiger partial charge in [-0.1, -0.05) is 6.07 Å². The Kier molecular flexibility index (Phi) is 2.75. The molecule has 0 unspecified atom stereocenters. The van der Waals surface area contributed by atoms with Gasteiger partial charge in [0, 0.05) is 5.39 Å². The zero-order chi connectivity index (χ0) is 11.7. The van der Waals surface area contributed by atoms with Gasteiger partial charge in [-0.05, 0) is 30.7 Å². The minimum absolute atomic E-state index is 0.173. The summed E-state index contributed by atoms with van der Waals surface area (Å²) in [5, 5.41) is 1.05. The Labute approximate surface area is 97.2 Å². The van der Waals surface area contributed by atoms with Crippen molar-refractivity contribution >= 4 is 28.5 Å². The van der Waals surface area contributed by atoms with E-state index >= 15 is 0 Å². The molecule has 0 aliphatic carbocycles. The number of methoxy groups -OCH3 is 1. The topological polar surface area (TPSA) is 52.1 Å². The van der Waals surface area contributed by atoms with E-state index in [1.165, 1.54) is 7.11 Å². The molecule has 0 saturated heterocycles. The third kappa shape index (κ3) is 1.84. The van der Waals surface area contributed by atoms with Crippen LogP contribution in [0, 0.1) is 6.92 Å². The molecule has 0 aliphatic rings. The first-order chi connectivity index (χ1) is 7.61. The quantitative estimate of drug-likeness (QED) is 0.564. The summed E-state index contributed by atoms with van der Waals surface area (Å²) < 4.78 is 4.63. The van der Waals surface area contributed by atoms with Crippen molar-refractivity contribution in [3.05, 3.63) is 34.7 Å². The number of carbonyl (C=O) groups is 1. The van der Waals surface area contributed by atoms with Gasteiger partial charge in [-0.25, -0.2) is 14.8 Å². The number of rotatable bonds is 1. The lowest BCUT2D eigenvalue weighted by Crippen LogP contribution is -2.01. The second-order valence-corrected chi connectivity index (χ2v) is 3.64. The molecule has 0 N–H and O–H groups in total. The largest absolute Gasteiger partial charge is 0.465 e. The van der Waals surface area contributed by atoms with Crippen LogP contribution >= 0.6 is 11.6 Å². The van der Waals surface area contributed by atoms with Crippen LogP contribution in [-0.4, -0.2) is 23.0 Å². The van der Waals surface area contributed by atoms with Crippen molar-refractivity contribution in [3.8, 4) is 0 Å². The lowest BCUT2D eigenvalue weighted by molar-refractivity contribution is 0.0601. The minimum atomic E-state index is -0.394. The summed E-state index contributed by atoms with van der Waals surface area (Å²) in [6.07, 6.45) is 0. The van der Waals surface area contributed by atoms with Crippen molar-refractivity contribution in [2.45, 2.75) is 6.92 Å². The predicted octanol–water partition coefficient (Wildman–Crippen LogP) is 2.38. The Morgan fingerprint density at radius 1 is 1.38 bits per heavy atom. The van der Waals surface area contributed by atoms with Crippen molar-refractivity contribution in [3.63, 3.8) is 0 Å². The Bertz CT molecular complexity index is 569. The fourth-order valence-corrected chi connectivity index (χ4v) is 1.72. The first-order valence-electron chi connectivity index (χ1n) is 4.64. The highest BCUT2D eigenvalue weighted by atomic mass is 35.5. The molecule has 0 spiro atoms. The number of hydrogen-bond acceptors (Lipinski definition) is 4. The SMILES string of the molecule is COC(=O)c1ccc2c(C)nc(Cl)nc2c1. The maximum Gasteiger partial charge on any atom is 0.337 e. The van der Waals surface area contributed by atoms with Crippen molar-refractivity contribution < 1.29 is 9.53 Å². The van der Waals surface area contributed by atoms with Crippen LogP contribution in [0.1, 0.15) is 16.1 Å². The molecule has 0 atom stereocenters. The number of ether oxygens (including phenoxy) is 1. The van der Waals surface area contributed by atoms with Crippen LogP contribution in [0.2, 0.25) is 5.28 Å². The van der Waals surface area contributed by atoms with Crippen LogP contribution in [0.5, 0.6) is 0 Å². The highest BCUT2D eigenvalue weighted by Crippen LogP contribution is 2.19. The van der Waals surface area contributed by atoms with Crippen LogP contribution in [0.25, 0.3) is 10.9 Å². The standard InChI is InChI=1S/C11H9ClN2O2/c1-6-8-4-3-7(10(15)16-2)5-9(8)14-11(12)13-6/h3-5H,1-2H3. The highest BCUT2D eigenvalue weighted by molar-refractivity contribution is 6.28. The van der Waals surface area contributed by atoms with E-state index in [2.05, 4.69) is 14.7 Å². The van der Waals surface area contributed by atoms with Gasteiger partial charge in [-0.2, -0.15) is 0 Å². The number of halogens is 1. The molecule has 0 bridgehead atoms. The summed E-state index contributed by atoms with van der Waals surface area (Å²) in [7, 11) is 1.34. The number of aryl methyl sites for hydroxylation is 1. The third-order valence-corrected chi connectivity index (χ3v) is 2.45. The Balaban J connectivity index is 2.66. The second-order valence-electron chi connectivity index (χ2n) is 3.30. The first kappa shape index (κ1) is 10.8. The molecule has 4 nitrogen and oxygen atoms in total. The molecule has 0 radical (unpaired) electrons. The van der Waals surface area contributed by atoms with Crippen molar-refractivity contribution in [1.82, 2.24) is 9.97 Å². The number of hydrogen-bond donors (Lipinski definition) is 0. The Morgan fingerprint density at radius 3 is 2.81 bits per heavy atom. The molecule has 5 heteroatoms. The number of fused-ring (bicyclic) bond motifs is 1. The van der Waals surface area contributed by atoms with E-state index in [0.29, 0.717) is 11.1 Å². The van der Waals surface area contributed by atoms with E-state index in [1.807, 2.05) is 6.92 Å². The molecular weight excluding hydrogens is 228 g/mol. The number of aromatic nitrogens is 2. The van der Waals surface area contributed by atoms with E-state index in [9.17, 15) is 4.79 Å². The van der Waals surface area contributed by atoms with E-state index in [0.717, 1.165) is 11.1 Å². The fourth-order valence-electron chi connectivity index (χ4n) is 1.50. The molecule has 1 aromatic heterocycles. The second kappa shape index (κ2) is 4.06. The Hall–Kier alpha value is -1.68. The maximum absolute atomic E-state index is 11.3. The Morgan fingerprint density at radius 2 is 2.12 bits per heavy atom. The molecule has 82 valence electrons. The van der Waals surface area contributed by atoms with Crippen molar-refractivity contribution in [1.29, 1.82) is 0 Å². The van der Waals surface area contributed by atoms with Gasteiger partial charge in [0.2, 0.25) is 5.28 Å². The fraction of sp³-hybridized carbons (Fsp3) is 0.182. The molecule has 0 aliphatic heterocycles. The molecule has 1 aromatic carbocycles. The summed E-state index contributed by atoms with van der Waals surface area (Å²) in [6, 6.07) is 5.10. The summed E-state index contributed by atoms with van der Waals surface area (Å²) in [4.78, 5) is 19.4. The molecular formula is C11H9ClN2O2. The number of benzene rings is 1. The number of carbonyl (C=O) groups excluding carboxylic acids is 1. The van der Waals surface area contributed by atoms with Gasteiger partial charge >= 0.3 is 5.97 Å². The first-order valence-corrected chi connectivity index (χ1v) is 5.02. The highest BCUT2D eigenvalue weighted by Gasteiger charge is 2.08. The molecule has 0 fully saturated rings. The maximum atomic E-state index is 11.3. The molecule has 1 heterocycles. The minimum Gasteiger partial charge on any atom is -0.465 e. The summed E-state index contributed by atoms with van der Waals surface area (Å²) in [6.45, 7) is 1.84. The van der Waals surface area contributed by atoms with Gasteiger partial charge in [0.25, 0.3) is 0 Å². The zero-order valence-corrected chi connectivity index (χ0v) is 9.58. The smallest absolute Gasteiger partial charge is 0.337 e. The van der Waals surface area contributed by atoms with Gasteiger partial charge in [-0.3, -0.25) is 0 Å². The average molecular weight is 237 g/mol. The molecule has 0 amide bonds. The molecule has 2 aromatic rings. The lowest BCUT2D eigenvalue weighted by atomic mass is 10.1. The van der Waals surface area contributed by atoms with Crippen molar-refractivity contribution in [2.75, 3.05) is 7.11 Å². The van der Waals surface area contributed by atoms with Gasteiger partial charge < -0.3 is 4.74 Å². The average Bonchev–Trinajstić information content (AvgIpc) is 2.27. The van der Waals surface area contributed by atoms with E-state index < -0.39 is 5.97 Å². The van der Waals surface area contributed by atoms with Crippen LogP contribution in [0.15, 0.2) is 18.2 Å². The van der Waals surface area contributed by atoms with E-state index in [1.54, 1.807) is 18.2 Å². The van der Waals surface area contributed by atoms with Crippen LogP contribution in [0.3, 0.4) is 0 Å². The van der Waals surface area contributed by atoms with E-state index in [-0.39, 0.29) is 5.28 Å². The monoisotopic (exact) mass is 236 g/mol. The summed E-state index contributed by atoms with van der Waals surface area (Å²) in [5.41, 5.74) is 1.87. The third-order valence-electron chi connectivity index (χ3n) is 2.28. The van der Waals surface area contributed by atoms with Crippen LogP contribution in [-0.2, 0) is 4.74 Å². The molecule has 2 rings (SSSR count). The zero-order valence-electron chi connectivity index (χ0n) is 8.82. The van der Waals surface area contributed by atoms with Crippen LogP contribution in [0.4, 0.5) is 0 Å². The van der Waals surface area contributed by atoms with Crippen molar-refractivity contribution in [2.24, 2.45) is 0 Å². The van der Waals surface area contributed by atoms with Crippen LogP contribution < -0.4 is 0 Å². The summed E-state index contributed by atoms with van der Waals surface area (Å²) in [5.74, 6) is -0.394. The lowest BCUT2D eigenvalue weighted by Gasteiger charge is -2.03. The number of nitrogens with zero attached hydrogens (tertiary/aromatic N) is 2. The van der Waals surface area contributed by atoms with Gasteiger partial charge in [-0.15, -0.1) is 0 Å². The van der Waals surface area contributed by atoms with E-state index in [4.69, 9.17) is 11.6 Å². The van der Waals surface area contributed by atoms with Gasteiger partial charge in [0.15, 0.2) is 0 Å². The predicted molar refractivity (Wildman–Crippen MR) is 60.6 cm³/mol. The summed E-state index contributed by atoms with van der Waals surface area (Å²) >= 11 is 5.75. The molecule has 0 saturated carbocycles. The normalized spacial score (nSPS) is 10.4. The molecule has 16 heavy (non-hydrogen) atoms.